The van der Waals surface area contributed by atoms with Crippen LogP contribution in [0.2, 0.25) is 0 Å². The molecule has 0 radical (unpaired) electrons. The first kappa shape index (κ1) is 9.65. The molecule has 86 valence electrons. The lowest BCUT2D eigenvalue weighted by Gasteiger charge is -1.97. The topological polar surface area (TPSA) is 106 Å². The molecular weight excluding hydrogens is 220 g/mol. The van der Waals surface area contributed by atoms with Crippen molar-refractivity contribution in [3.63, 3.8) is 0 Å². The predicted octanol–water partition coefficient (Wildman–Crippen LogP) is 2.16. The predicted molar refractivity (Wildman–Crippen MR) is 65.9 cm³/mol. The molecule has 0 atom stereocenters. The minimum Gasteiger partial charge on any atom is -0.504 e. The number of phenols is 2. The van der Waals surface area contributed by atoms with E-state index in [4.69, 9.17) is 15.9 Å². The number of hydrogen-bond donors (Lipinski definition) is 4. The monoisotopic (exact) mass is 230 g/mol. The Morgan fingerprint density at radius 3 is 1.59 bits per heavy atom. The maximum atomic E-state index is 9.73. The standard InChI is InChI=1S/C12H10N2O3/c13-5-1-7-8-2-6(14)4-10(16)12(8)17-11(7)9(15)3-5/h1-4,15-16H,13-14H2. The molecule has 3 rings (SSSR count). The molecule has 0 fully saturated rings. The Kier molecular flexibility index (Phi) is 1.69. The number of rotatable bonds is 0. The van der Waals surface area contributed by atoms with Gasteiger partial charge in [-0.3, -0.25) is 0 Å². The lowest BCUT2D eigenvalue weighted by molar-refractivity contribution is 0.457. The largest absolute Gasteiger partial charge is 0.504 e. The zero-order valence-electron chi connectivity index (χ0n) is 8.77. The van der Waals surface area contributed by atoms with Gasteiger partial charge in [0.15, 0.2) is 22.7 Å². The van der Waals surface area contributed by atoms with Crippen LogP contribution in [0.15, 0.2) is 28.7 Å². The van der Waals surface area contributed by atoms with Crippen LogP contribution in [0.1, 0.15) is 0 Å². The summed E-state index contributed by atoms with van der Waals surface area (Å²) < 4.78 is 5.41. The van der Waals surface area contributed by atoms with E-state index in [2.05, 4.69) is 0 Å². The summed E-state index contributed by atoms with van der Waals surface area (Å²) in [6, 6.07) is 6.12. The third kappa shape index (κ3) is 1.25. The summed E-state index contributed by atoms with van der Waals surface area (Å²) in [4.78, 5) is 0. The van der Waals surface area contributed by atoms with Gasteiger partial charge in [0.1, 0.15) is 0 Å². The minimum absolute atomic E-state index is 0.0610. The highest BCUT2D eigenvalue weighted by molar-refractivity contribution is 6.10. The summed E-state index contributed by atoms with van der Waals surface area (Å²) in [5.74, 6) is -0.122. The Hall–Kier alpha value is -2.56. The molecule has 1 aromatic heterocycles. The van der Waals surface area contributed by atoms with Crippen LogP contribution in [0.3, 0.4) is 0 Å². The zero-order chi connectivity index (χ0) is 12.2. The lowest BCUT2D eigenvalue weighted by atomic mass is 10.1. The van der Waals surface area contributed by atoms with Crippen LogP contribution < -0.4 is 11.5 Å². The van der Waals surface area contributed by atoms with Crippen molar-refractivity contribution in [2.45, 2.75) is 0 Å². The van der Waals surface area contributed by atoms with Gasteiger partial charge in [-0.25, -0.2) is 0 Å². The van der Waals surface area contributed by atoms with E-state index in [1.807, 2.05) is 0 Å². The molecule has 0 spiro atoms. The molecule has 17 heavy (non-hydrogen) atoms. The quantitative estimate of drug-likeness (QED) is 0.443. The molecular formula is C12H10N2O3. The van der Waals surface area contributed by atoms with E-state index in [0.29, 0.717) is 22.1 Å². The van der Waals surface area contributed by atoms with E-state index in [9.17, 15) is 10.2 Å². The van der Waals surface area contributed by atoms with E-state index >= 15 is 0 Å². The number of nitrogens with two attached hydrogens (primary N) is 2. The number of anilines is 2. The second kappa shape index (κ2) is 2.98. The van der Waals surface area contributed by atoms with Crippen molar-refractivity contribution in [2.24, 2.45) is 0 Å². The first-order valence-electron chi connectivity index (χ1n) is 4.99. The summed E-state index contributed by atoms with van der Waals surface area (Å²) in [6.45, 7) is 0. The van der Waals surface area contributed by atoms with E-state index < -0.39 is 0 Å². The Bertz CT molecular complexity index is 684. The number of furan rings is 1. The van der Waals surface area contributed by atoms with Gasteiger partial charge in [0.2, 0.25) is 0 Å². The van der Waals surface area contributed by atoms with Crippen LogP contribution in [0.25, 0.3) is 21.9 Å². The molecule has 0 aliphatic carbocycles. The molecule has 2 aromatic carbocycles. The average molecular weight is 230 g/mol. The lowest BCUT2D eigenvalue weighted by Crippen LogP contribution is -1.84. The molecule has 6 N–H and O–H groups in total. The van der Waals surface area contributed by atoms with Crippen LogP contribution in [0.5, 0.6) is 11.5 Å². The van der Waals surface area contributed by atoms with Crippen LogP contribution in [0.4, 0.5) is 11.4 Å². The smallest absolute Gasteiger partial charge is 0.177 e. The molecule has 0 bridgehead atoms. The zero-order valence-corrected chi connectivity index (χ0v) is 8.77. The SMILES string of the molecule is Nc1cc(O)c2oc3c(O)cc(N)cc3c2c1. The third-order valence-electron chi connectivity index (χ3n) is 2.68. The van der Waals surface area contributed by atoms with Crippen LogP contribution in [0, 0.1) is 0 Å². The fraction of sp³-hybridized carbons (Fsp3) is 0. The Labute approximate surface area is 95.9 Å². The molecule has 5 heteroatoms. The normalized spacial score (nSPS) is 11.3. The second-order valence-corrected chi connectivity index (χ2v) is 3.94. The van der Waals surface area contributed by atoms with Gasteiger partial charge in [0.05, 0.1) is 0 Å². The van der Waals surface area contributed by atoms with E-state index in [1.54, 1.807) is 12.1 Å². The van der Waals surface area contributed by atoms with Gasteiger partial charge < -0.3 is 26.1 Å². The number of hydrogen-bond acceptors (Lipinski definition) is 5. The molecule has 1 heterocycles. The first-order valence-corrected chi connectivity index (χ1v) is 4.99. The molecule has 0 aliphatic heterocycles. The molecule has 0 aliphatic rings. The molecule has 5 nitrogen and oxygen atoms in total. The third-order valence-corrected chi connectivity index (χ3v) is 2.68. The van der Waals surface area contributed by atoms with Gasteiger partial charge >= 0.3 is 0 Å². The first-order chi connectivity index (χ1) is 8.06. The Morgan fingerprint density at radius 2 is 1.18 bits per heavy atom. The molecule has 0 saturated heterocycles. The Morgan fingerprint density at radius 1 is 0.765 bits per heavy atom. The van der Waals surface area contributed by atoms with Crippen LogP contribution >= 0.6 is 0 Å². The van der Waals surface area contributed by atoms with Crippen LogP contribution in [-0.2, 0) is 0 Å². The maximum absolute atomic E-state index is 9.73. The van der Waals surface area contributed by atoms with Crippen LogP contribution in [-0.4, -0.2) is 10.2 Å². The van der Waals surface area contributed by atoms with Crippen molar-refractivity contribution in [2.75, 3.05) is 11.5 Å². The number of nitrogen functional groups attached to an aromatic ring is 2. The molecule has 0 saturated carbocycles. The van der Waals surface area contributed by atoms with Gasteiger partial charge in [0, 0.05) is 34.3 Å². The number of fused-ring (bicyclic) bond motifs is 3. The van der Waals surface area contributed by atoms with Gasteiger partial charge in [-0.15, -0.1) is 0 Å². The minimum atomic E-state index is -0.0610. The second-order valence-electron chi connectivity index (χ2n) is 3.94. The summed E-state index contributed by atoms with van der Waals surface area (Å²) in [6.07, 6.45) is 0. The summed E-state index contributed by atoms with van der Waals surface area (Å²) in [5, 5.41) is 20.7. The van der Waals surface area contributed by atoms with Gasteiger partial charge in [0.25, 0.3) is 0 Å². The van der Waals surface area contributed by atoms with Crippen molar-refractivity contribution in [1.82, 2.24) is 0 Å². The highest BCUT2D eigenvalue weighted by Gasteiger charge is 2.14. The van der Waals surface area contributed by atoms with Gasteiger partial charge in [-0.05, 0) is 12.1 Å². The van der Waals surface area contributed by atoms with Gasteiger partial charge in [-0.1, -0.05) is 0 Å². The Balaban J connectivity index is 2.60. The highest BCUT2D eigenvalue weighted by Crippen LogP contribution is 2.40. The van der Waals surface area contributed by atoms with Gasteiger partial charge in [-0.2, -0.15) is 0 Å². The average Bonchev–Trinajstić information content (AvgIpc) is 2.58. The number of benzene rings is 2. The van der Waals surface area contributed by atoms with Crippen molar-refractivity contribution in [3.05, 3.63) is 24.3 Å². The number of phenolic OH excluding ortho intramolecular Hbond substituents is 2. The maximum Gasteiger partial charge on any atom is 0.177 e. The van der Waals surface area contributed by atoms with Crippen molar-refractivity contribution in [3.8, 4) is 11.5 Å². The number of aromatic hydroxyl groups is 2. The highest BCUT2D eigenvalue weighted by atomic mass is 16.4. The summed E-state index contributed by atoms with van der Waals surface area (Å²) in [5.41, 5.74) is 12.7. The molecule has 0 unspecified atom stereocenters. The van der Waals surface area contributed by atoms with Crippen molar-refractivity contribution < 1.29 is 14.6 Å². The molecule has 0 amide bonds. The fourth-order valence-electron chi connectivity index (χ4n) is 1.99. The van der Waals surface area contributed by atoms with E-state index in [-0.39, 0.29) is 22.7 Å². The summed E-state index contributed by atoms with van der Waals surface area (Å²) >= 11 is 0. The van der Waals surface area contributed by atoms with Crippen molar-refractivity contribution in [1.29, 1.82) is 0 Å². The van der Waals surface area contributed by atoms with E-state index in [1.165, 1.54) is 12.1 Å². The molecule has 3 aromatic rings. The van der Waals surface area contributed by atoms with E-state index in [0.717, 1.165) is 0 Å². The fourth-order valence-corrected chi connectivity index (χ4v) is 1.99. The summed E-state index contributed by atoms with van der Waals surface area (Å²) in [7, 11) is 0. The van der Waals surface area contributed by atoms with Crippen molar-refractivity contribution >= 4 is 33.3 Å².